The molecule has 4 N–H and O–H groups in total. The van der Waals surface area contributed by atoms with Crippen LogP contribution in [0.15, 0.2) is 85.2 Å². The molecule has 16 heteroatoms. The Hall–Kier alpha value is -6.62. The Morgan fingerprint density at radius 1 is 1.03 bits per heavy atom. The number of aromatic nitrogens is 2. The number of benzene rings is 3. The molecule has 3 aromatic carbocycles. The van der Waals surface area contributed by atoms with Crippen molar-refractivity contribution in [2.24, 2.45) is 11.3 Å². The van der Waals surface area contributed by atoms with E-state index in [2.05, 4.69) is 58.5 Å². The van der Waals surface area contributed by atoms with Crippen molar-refractivity contribution < 1.29 is 38.6 Å². The van der Waals surface area contributed by atoms with Gasteiger partial charge in [-0.2, -0.15) is 0 Å². The highest BCUT2D eigenvalue weighted by Gasteiger charge is 2.45. The predicted molar refractivity (Wildman–Crippen MR) is 266 cm³/mol. The number of likely N-dealkylation sites (N-methyl/N-ethyl adjacent to an activating group) is 2. The first kappa shape index (κ1) is 49.8. The highest BCUT2D eigenvalue weighted by Crippen LogP contribution is 2.41. The molecule has 0 unspecified atom stereocenters. The van der Waals surface area contributed by atoms with Gasteiger partial charge in [0.2, 0.25) is 17.7 Å². The number of ether oxygens (including phenoxy) is 2. The molecule has 2 aromatic heterocycles. The summed E-state index contributed by atoms with van der Waals surface area (Å²) in [6, 6.07) is 19.3. The number of amides is 4. The molecule has 8 rings (SSSR count). The third kappa shape index (κ3) is 10.6. The number of methoxy groups -OCH3 is 1. The second-order valence-electron chi connectivity index (χ2n) is 20.1. The van der Waals surface area contributed by atoms with Gasteiger partial charge in [-0.25, -0.2) is 5.43 Å². The minimum absolute atomic E-state index is 0.0216. The van der Waals surface area contributed by atoms with Crippen LogP contribution in [0.3, 0.4) is 0 Å². The number of hydrogen-bond acceptors (Lipinski definition) is 11. The number of rotatable bonds is 12. The molecular formula is C54H66N8O8. The molecule has 3 aliphatic heterocycles. The van der Waals surface area contributed by atoms with Crippen molar-refractivity contribution in [3.63, 3.8) is 0 Å². The van der Waals surface area contributed by atoms with Gasteiger partial charge in [-0.3, -0.25) is 39.3 Å². The summed E-state index contributed by atoms with van der Waals surface area (Å²) in [5, 5.41) is 19.9. The van der Waals surface area contributed by atoms with Crippen molar-refractivity contribution >= 4 is 40.5 Å². The van der Waals surface area contributed by atoms with Crippen molar-refractivity contribution in [2.45, 2.75) is 104 Å². The summed E-state index contributed by atoms with van der Waals surface area (Å²) < 4.78 is 14.0. The summed E-state index contributed by atoms with van der Waals surface area (Å²) in [4.78, 5) is 77.8. The number of carbonyl (C=O) groups excluding carboxylic acids is 5. The van der Waals surface area contributed by atoms with Crippen LogP contribution in [0.25, 0.3) is 33.3 Å². The summed E-state index contributed by atoms with van der Waals surface area (Å²) in [6.07, 6.45) is 5.07. The summed E-state index contributed by atoms with van der Waals surface area (Å²) >= 11 is 0. The maximum atomic E-state index is 14.8. The number of phenols is 1. The number of nitrogens with zero attached hydrogens (tertiary/aromatic N) is 5. The maximum Gasteiger partial charge on any atom is 0.324 e. The molecule has 0 saturated carbocycles. The molecule has 2 fully saturated rings. The van der Waals surface area contributed by atoms with Gasteiger partial charge in [0.05, 0.1) is 31.5 Å². The number of esters is 1. The smallest absolute Gasteiger partial charge is 0.324 e. The van der Waals surface area contributed by atoms with Crippen LogP contribution in [0.1, 0.15) is 75.8 Å². The second kappa shape index (κ2) is 20.8. The molecule has 5 aromatic rings. The number of hydrogen-bond donors (Lipinski definition) is 4. The van der Waals surface area contributed by atoms with Crippen LogP contribution < -0.4 is 16.1 Å². The van der Waals surface area contributed by atoms with E-state index < -0.39 is 59.2 Å². The second-order valence-corrected chi connectivity index (χ2v) is 20.1. The Bertz CT molecular complexity index is 2770. The zero-order valence-corrected chi connectivity index (χ0v) is 41.5. The lowest BCUT2D eigenvalue weighted by molar-refractivity contribution is -0.155. The zero-order chi connectivity index (χ0) is 50.0. The fraction of sp³-hybridized carbons (Fsp3) is 0.444. The average Bonchev–Trinajstić information content (AvgIpc) is 4.09. The molecule has 0 radical (unpaired) electrons. The first-order valence-corrected chi connectivity index (χ1v) is 24.2. The summed E-state index contributed by atoms with van der Waals surface area (Å²) in [6.45, 7) is 11.0. The number of carbonyl (C=O) groups is 5. The van der Waals surface area contributed by atoms with Crippen LogP contribution >= 0.6 is 0 Å². The van der Waals surface area contributed by atoms with Crippen molar-refractivity contribution in [1.29, 1.82) is 0 Å². The van der Waals surface area contributed by atoms with E-state index in [1.165, 1.54) is 21.9 Å². The fourth-order valence-electron chi connectivity index (χ4n) is 10.2. The van der Waals surface area contributed by atoms with Crippen molar-refractivity contribution in [3.05, 3.63) is 107 Å². The molecule has 16 nitrogen and oxygen atoms in total. The fourth-order valence-corrected chi connectivity index (χ4v) is 10.2. The highest BCUT2D eigenvalue weighted by atomic mass is 16.5. The molecule has 2 saturated heterocycles. The van der Waals surface area contributed by atoms with E-state index in [1.807, 2.05) is 68.6 Å². The van der Waals surface area contributed by atoms with Gasteiger partial charge in [0.15, 0.2) is 0 Å². The van der Waals surface area contributed by atoms with Crippen LogP contribution in [-0.2, 0) is 59.4 Å². The molecule has 70 heavy (non-hydrogen) atoms. The van der Waals surface area contributed by atoms with Crippen LogP contribution in [0.2, 0.25) is 0 Å². The van der Waals surface area contributed by atoms with E-state index in [-0.39, 0.29) is 43.8 Å². The number of pyridine rings is 1. The van der Waals surface area contributed by atoms with E-state index >= 15 is 0 Å². The van der Waals surface area contributed by atoms with Gasteiger partial charge < -0.3 is 34.3 Å². The van der Waals surface area contributed by atoms with Crippen LogP contribution in [0.4, 0.5) is 0 Å². The lowest BCUT2D eigenvalue weighted by atomic mass is 9.84. The van der Waals surface area contributed by atoms with Crippen molar-refractivity contribution in [1.82, 2.24) is 40.4 Å². The predicted octanol–water partition coefficient (Wildman–Crippen LogP) is 5.55. The van der Waals surface area contributed by atoms with Crippen LogP contribution in [0.5, 0.6) is 5.75 Å². The summed E-state index contributed by atoms with van der Waals surface area (Å²) in [7, 11) is 4.76. The number of phenolic OH excluding ortho intramolecular Hbond substituents is 1. The molecule has 0 spiro atoms. The summed E-state index contributed by atoms with van der Waals surface area (Å²) in [5.74, 6) is -2.66. The highest BCUT2D eigenvalue weighted by molar-refractivity contribution is 5.96. The Morgan fingerprint density at radius 3 is 2.53 bits per heavy atom. The first-order chi connectivity index (χ1) is 33.5. The van der Waals surface area contributed by atoms with E-state index in [9.17, 15) is 29.1 Å². The molecule has 5 atom stereocenters. The number of aromatic hydroxyl groups is 1. The Balaban J connectivity index is 1.13. The van der Waals surface area contributed by atoms with Gasteiger partial charge in [0.25, 0.3) is 5.91 Å². The lowest BCUT2D eigenvalue weighted by Crippen LogP contribution is -2.62. The number of fused-ring (bicyclic) bond motifs is 6. The van der Waals surface area contributed by atoms with Gasteiger partial charge in [-0.1, -0.05) is 70.2 Å². The standard InChI is InChI=1S/C54H66N8O8/c1-9-61-44-18-17-35-26-39(44)40(49(61)41-28-55-20-19-36(41)30-69-8)27-54(4,5)31-70-53(68)42-16-13-21-62(58-42)51(66)43(24-33-22-37(35)25-38(63)23-33)56-50(65)48(32(2)3)60(7)45(64)29-59(6)52(67)47-46(57-47)34-14-11-10-12-15-34/h10-12,14-15,17-20,22-23,25-26,28,32,42-43,46-48,57-58,63H,9,13,16,21,24,27,29-31H2,1-8H3,(H,56,65)/t42-,43-,46-,47-,48-/m0/s1. The van der Waals surface area contributed by atoms with Crippen molar-refractivity contribution in [3.8, 4) is 28.1 Å². The minimum Gasteiger partial charge on any atom is -0.508 e. The maximum absolute atomic E-state index is 14.8. The largest absolute Gasteiger partial charge is 0.508 e. The number of nitrogens with one attached hydrogen (secondary N) is 3. The molecule has 3 aliphatic rings. The number of cyclic esters (lactones) is 1. The Morgan fingerprint density at radius 2 is 1.80 bits per heavy atom. The third-order valence-corrected chi connectivity index (χ3v) is 13.8. The van der Waals surface area contributed by atoms with Gasteiger partial charge >= 0.3 is 5.97 Å². The van der Waals surface area contributed by atoms with E-state index in [0.717, 1.165) is 44.4 Å². The van der Waals surface area contributed by atoms with Crippen molar-refractivity contribution in [2.75, 3.05) is 40.9 Å². The van der Waals surface area contributed by atoms with Gasteiger partial charge in [0.1, 0.15) is 29.9 Å². The molecule has 5 heterocycles. The van der Waals surface area contributed by atoms with E-state index in [1.54, 1.807) is 32.5 Å². The third-order valence-electron chi connectivity index (χ3n) is 13.8. The molecular weight excluding hydrogens is 889 g/mol. The quantitative estimate of drug-likeness (QED) is 0.0905. The lowest BCUT2D eigenvalue weighted by Gasteiger charge is -2.37. The number of hydrazine groups is 1. The van der Waals surface area contributed by atoms with Crippen LogP contribution in [0, 0.1) is 11.3 Å². The zero-order valence-electron chi connectivity index (χ0n) is 41.5. The Labute approximate surface area is 409 Å². The molecule has 0 aliphatic carbocycles. The molecule has 6 bridgehead atoms. The monoisotopic (exact) mass is 955 g/mol. The van der Waals surface area contributed by atoms with Gasteiger partial charge in [-0.05, 0) is 95.8 Å². The van der Waals surface area contributed by atoms with Gasteiger partial charge in [-0.15, -0.1) is 0 Å². The van der Waals surface area contributed by atoms with Crippen LogP contribution in [-0.4, -0.2) is 124 Å². The minimum atomic E-state index is -1.19. The molecule has 4 amide bonds. The average molecular weight is 955 g/mol. The SMILES string of the molecule is CCn1c(-c2cnccc2COC)c2c3cc(ccc31)-c1cc(O)cc(c1)C[C@H](NC(=O)[C@H](C(C)C)N(C)C(=O)CN(C)C(=O)[C@H]1N[C@H]1c1ccccc1)C(=O)N1CCC[C@H](N1)C(=O)OCC(C)(C)C2. The number of aryl methyl sites for hydroxylation is 1. The summed E-state index contributed by atoms with van der Waals surface area (Å²) in [5.41, 5.74) is 10.6. The normalized spacial score (nSPS) is 20.6. The van der Waals surface area contributed by atoms with E-state index in [4.69, 9.17) is 9.47 Å². The first-order valence-electron chi connectivity index (χ1n) is 24.2. The van der Waals surface area contributed by atoms with E-state index in [0.29, 0.717) is 43.5 Å². The molecule has 370 valence electrons. The Kier molecular flexibility index (Phi) is 14.8. The van der Waals surface area contributed by atoms with Gasteiger partial charge in [0, 0.05) is 75.0 Å². The topological polar surface area (TPSA) is 198 Å².